The minimum atomic E-state index is 0.858. The van der Waals surface area contributed by atoms with Gasteiger partial charge in [0.2, 0.25) is 0 Å². The standard InChI is InChI=1S/C18H35N3/c19-7-2-1-3-8-20-9-4-10-21(12-11-20)15-18-14-16-5-6-17(18)13-16/h16-18H,1-15,19H2. The molecule has 3 rings (SSSR count). The normalized spacial score (nSPS) is 34.4. The predicted molar refractivity (Wildman–Crippen MR) is 89.3 cm³/mol. The smallest absolute Gasteiger partial charge is 0.0109 e. The lowest BCUT2D eigenvalue weighted by molar-refractivity contribution is 0.191. The molecule has 3 fully saturated rings. The molecule has 3 nitrogen and oxygen atoms in total. The molecule has 2 N–H and O–H groups in total. The molecule has 0 aromatic rings. The van der Waals surface area contributed by atoms with E-state index >= 15 is 0 Å². The molecular formula is C18H35N3. The zero-order valence-electron chi connectivity index (χ0n) is 13.8. The Morgan fingerprint density at radius 2 is 1.71 bits per heavy atom. The average Bonchev–Trinajstić information content (AvgIpc) is 3.03. The molecule has 0 radical (unpaired) electrons. The van der Waals surface area contributed by atoms with Crippen LogP contribution in [0.1, 0.15) is 51.4 Å². The maximum absolute atomic E-state index is 5.57. The Morgan fingerprint density at radius 1 is 0.857 bits per heavy atom. The lowest BCUT2D eigenvalue weighted by Crippen LogP contribution is -2.35. The van der Waals surface area contributed by atoms with Crippen molar-refractivity contribution in [1.29, 1.82) is 0 Å². The molecule has 3 heteroatoms. The summed E-state index contributed by atoms with van der Waals surface area (Å²) in [6, 6.07) is 0. The molecule has 2 aliphatic carbocycles. The van der Waals surface area contributed by atoms with E-state index in [1.807, 2.05) is 0 Å². The molecule has 0 aromatic carbocycles. The van der Waals surface area contributed by atoms with Crippen LogP contribution in [0, 0.1) is 17.8 Å². The summed E-state index contributed by atoms with van der Waals surface area (Å²) in [6.45, 7) is 8.82. The molecule has 2 saturated carbocycles. The topological polar surface area (TPSA) is 32.5 Å². The van der Waals surface area contributed by atoms with Crippen LogP contribution >= 0.6 is 0 Å². The first-order valence-corrected chi connectivity index (χ1v) is 9.50. The molecule has 3 unspecified atom stereocenters. The number of fused-ring (bicyclic) bond motifs is 2. The van der Waals surface area contributed by atoms with Gasteiger partial charge in [-0.2, -0.15) is 0 Å². The lowest BCUT2D eigenvalue weighted by atomic mass is 9.88. The Labute approximate surface area is 131 Å². The van der Waals surface area contributed by atoms with E-state index in [4.69, 9.17) is 5.73 Å². The molecular weight excluding hydrogens is 258 g/mol. The summed E-state index contributed by atoms with van der Waals surface area (Å²) in [4.78, 5) is 5.47. The van der Waals surface area contributed by atoms with Gasteiger partial charge >= 0.3 is 0 Å². The van der Waals surface area contributed by atoms with Crippen LogP contribution in [-0.2, 0) is 0 Å². The van der Waals surface area contributed by atoms with Gasteiger partial charge in [0.25, 0.3) is 0 Å². The van der Waals surface area contributed by atoms with Gasteiger partial charge in [-0.1, -0.05) is 12.8 Å². The van der Waals surface area contributed by atoms with Crippen LogP contribution in [-0.4, -0.2) is 55.6 Å². The SMILES string of the molecule is NCCCCCN1CCCN(CC2CC3CCC2C3)CC1. The lowest BCUT2D eigenvalue weighted by Gasteiger charge is -2.29. The average molecular weight is 293 g/mol. The zero-order valence-corrected chi connectivity index (χ0v) is 13.8. The van der Waals surface area contributed by atoms with Gasteiger partial charge in [-0.15, -0.1) is 0 Å². The fourth-order valence-electron chi connectivity index (χ4n) is 5.02. The highest BCUT2D eigenvalue weighted by Crippen LogP contribution is 2.48. The second-order valence-electron chi connectivity index (χ2n) is 7.78. The van der Waals surface area contributed by atoms with Gasteiger partial charge in [0, 0.05) is 19.6 Å². The monoisotopic (exact) mass is 293 g/mol. The van der Waals surface area contributed by atoms with E-state index in [9.17, 15) is 0 Å². The van der Waals surface area contributed by atoms with E-state index in [2.05, 4.69) is 9.80 Å². The van der Waals surface area contributed by atoms with Crippen LogP contribution in [0.5, 0.6) is 0 Å². The fourth-order valence-corrected chi connectivity index (χ4v) is 5.02. The summed E-state index contributed by atoms with van der Waals surface area (Å²) in [5.74, 6) is 3.23. The Kier molecular flexibility index (Phi) is 5.96. The van der Waals surface area contributed by atoms with Gasteiger partial charge in [-0.05, 0) is 82.5 Å². The molecule has 0 aromatic heterocycles. The minimum absolute atomic E-state index is 0.858. The van der Waals surface area contributed by atoms with E-state index in [1.54, 1.807) is 12.8 Å². The number of unbranched alkanes of at least 4 members (excludes halogenated alkanes) is 2. The quantitative estimate of drug-likeness (QED) is 0.732. The van der Waals surface area contributed by atoms with E-state index in [-0.39, 0.29) is 0 Å². The van der Waals surface area contributed by atoms with Crippen molar-refractivity contribution in [2.45, 2.75) is 51.4 Å². The number of nitrogens with zero attached hydrogens (tertiary/aromatic N) is 2. The maximum atomic E-state index is 5.57. The number of rotatable bonds is 7. The van der Waals surface area contributed by atoms with Gasteiger partial charge < -0.3 is 15.5 Å². The Hall–Kier alpha value is -0.120. The van der Waals surface area contributed by atoms with Crippen molar-refractivity contribution in [2.75, 3.05) is 45.8 Å². The van der Waals surface area contributed by atoms with Crippen molar-refractivity contribution in [1.82, 2.24) is 9.80 Å². The summed E-state index contributed by atoms with van der Waals surface area (Å²) >= 11 is 0. The van der Waals surface area contributed by atoms with E-state index in [0.717, 1.165) is 24.3 Å². The van der Waals surface area contributed by atoms with Crippen LogP contribution in [0.25, 0.3) is 0 Å². The largest absolute Gasteiger partial charge is 0.330 e. The van der Waals surface area contributed by atoms with Crippen molar-refractivity contribution in [3.8, 4) is 0 Å². The first kappa shape index (κ1) is 15.8. The van der Waals surface area contributed by atoms with Gasteiger partial charge in [-0.3, -0.25) is 0 Å². The Bertz CT molecular complexity index is 307. The Morgan fingerprint density at radius 3 is 2.48 bits per heavy atom. The second-order valence-corrected chi connectivity index (χ2v) is 7.78. The number of hydrogen-bond donors (Lipinski definition) is 1. The van der Waals surface area contributed by atoms with Crippen LogP contribution in [0.15, 0.2) is 0 Å². The van der Waals surface area contributed by atoms with Crippen molar-refractivity contribution in [2.24, 2.45) is 23.5 Å². The predicted octanol–water partition coefficient (Wildman–Crippen LogP) is 2.56. The van der Waals surface area contributed by atoms with Gasteiger partial charge in [0.15, 0.2) is 0 Å². The molecule has 1 heterocycles. The van der Waals surface area contributed by atoms with E-state index < -0.39 is 0 Å². The van der Waals surface area contributed by atoms with Crippen molar-refractivity contribution in [3.05, 3.63) is 0 Å². The summed E-state index contributed by atoms with van der Waals surface area (Å²) in [7, 11) is 0. The molecule has 0 amide bonds. The van der Waals surface area contributed by atoms with Gasteiger partial charge in [-0.25, -0.2) is 0 Å². The third kappa shape index (κ3) is 4.43. The highest BCUT2D eigenvalue weighted by Gasteiger charge is 2.39. The minimum Gasteiger partial charge on any atom is -0.330 e. The van der Waals surface area contributed by atoms with Crippen LogP contribution in [0.4, 0.5) is 0 Å². The molecule has 1 saturated heterocycles. The summed E-state index contributed by atoms with van der Waals surface area (Å²) in [6.07, 6.45) is 11.4. The van der Waals surface area contributed by atoms with Crippen molar-refractivity contribution < 1.29 is 0 Å². The molecule has 3 aliphatic rings. The molecule has 21 heavy (non-hydrogen) atoms. The van der Waals surface area contributed by atoms with Crippen molar-refractivity contribution >= 4 is 0 Å². The maximum Gasteiger partial charge on any atom is 0.0109 e. The van der Waals surface area contributed by atoms with E-state index in [1.165, 1.54) is 77.8 Å². The molecule has 2 bridgehead atoms. The highest BCUT2D eigenvalue weighted by atomic mass is 15.2. The summed E-state index contributed by atoms with van der Waals surface area (Å²) in [5, 5.41) is 0. The first-order valence-electron chi connectivity index (χ1n) is 9.50. The zero-order chi connectivity index (χ0) is 14.5. The molecule has 0 spiro atoms. The van der Waals surface area contributed by atoms with E-state index in [0.29, 0.717) is 0 Å². The molecule has 3 atom stereocenters. The summed E-state index contributed by atoms with van der Waals surface area (Å²) in [5.41, 5.74) is 5.57. The van der Waals surface area contributed by atoms with Gasteiger partial charge in [0.1, 0.15) is 0 Å². The molecule has 122 valence electrons. The van der Waals surface area contributed by atoms with Crippen molar-refractivity contribution in [3.63, 3.8) is 0 Å². The third-order valence-corrected chi connectivity index (χ3v) is 6.24. The second kappa shape index (κ2) is 7.94. The van der Waals surface area contributed by atoms with Gasteiger partial charge in [0.05, 0.1) is 0 Å². The fraction of sp³-hybridized carbons (Fsp3) is 1.00. The Balaban J connectivity index is 1.35. The molecule has 1 aliphatic heterocycles. The van der Waals surface area contributed by atoms with Crippen LogP contribution in [0.2, 0.25) is 0 Å². The summed E-state index contributed by atoms with van der Waals surface area (Å²) < 4.78 is 0. The third-order valence-electron chi connectivity index (χ3n) is 6.24. The number of hydrogen-bond acceptors (Lipinski definition) is 3. The first-order chi connectivity index (χ1) is 10.3. The van der Waals surface area contributed by atoms with Crippen LogP contribution in [0.3, 0.4) is 0 Å². The highest BCUT2D eigenvalue weighted by molar-refractivity contribution is 4.91. The number of nitrogens with two attached hydrogens (primary N) is 1. The van der Waals surface area contributed by atoms with Crippen LogP contribution < -0.4 is 5.73 Å².